The van der Waals surface area contributed by atoms with Crippen molar-refractivity contribution in [1.82, 2.24) is 0 Å². The van der Waals surface area contributed by atoms with Gasteiger partial charge in [0.15, 0.2) is 0 Å². The first-order chi connectivity index (χ1) is 8.56. The lowest BCUT2D eigenvalue weighted by Gasteiger charge is -2.25. The summed E-state index contributed by atoms with van der Waals surface area (Å²) in [6.45, 7) is 11.1. The zero-order chi connectivity index (χ0) is 13.5. The Labute approximate surface area is 112 Å². The highest BCUT2D eigenvalue weighted by molar-refractivity contribution is 5.47. The zero-order valence-electron chi connectivity index (χ0n) is 12.3. The quantitative estimate of drug-likeness (QED) is 0.801. The van der Waals surface area contributed by atoms with Crippen molar-refractivity contribution in [3.05, 3.63) is 29.8 Å². The minimum atomic E-state index is 0.286. The number of rotatable bonds is 7. The molecule has 0 amide bonds. The molecule has 1 aromatic rings. The largest absolute Gasteiger partial charge is 0.372 e. The summed E-state index contributed by atoms with van der Waals surface area (Å²) in [4.78, 5) is 2.42. The molecule has 0 fully saturated rings. The lowest BCUT2D eigenvalue weighted by Crippen LogP contribution is -2.27. The van der Waals surface area contributed by atoms with E-state index in [1.807, 2.05) is 0 Å². The Morgan fingerprint density at radius 3 is 2.17 bits per heavy atom. The van der Waals surface area contributed by atoms with Crippen molar-refractivity contribution in [3.63, 3.8) is 0 Å². The molecule has 1 aromatic carbocycles. The third kappa shape index (κ3) is 4.69. The number of hydrogen-bond donors (Lipinski definition) is 1. The average molecular weight is 248 g/mol. The number of benzene rings is 1. The van der Waals surface area contributed by atoms with Crippen molar-refractivity contribution in [2.75, 3.05) is 18.0 Å². The van der Waals surface area contributed by atoms with Gasteiger partial charge in [0.1, 0.15) is 0 Å². The molecular weight excluding hydrogens is 220 g/mol. The van der Waals surface area contributed by atoms with E-state index in [0.29, 0.717) is 5.92 Å². The topological polar surface area (TPSA) is 29.3 Å². The van der Waals surface area contributed by atoms with Gasteiger partial charge >= 0.3 is 0 Å². The Balaban J connectivity index is 2.68. The summed E-state index contributed by atoms with van der Waals surface area (Å²) >= 11 is 0. The average Bonchev–Trinajstić information content (AvgIpc) is 2.36. The summed E-state index contributed by atoms with van der Waals surface area (Å²) in [5, 5.41) is 0. The Kier molecular flexibility index (Phi) is 6.20. The molecule has 0 spiro atoms. The van der Waals surface area contributed by atoms with Crippen LogP contribution in [0, 0.1) is 5.92 Å². The minimum Gasteiger partial charge on any atom is -0.372 e. The number of nitrogens with zero attached hydrogens (tertiary/aromatic N) is 1. The molecule has 0 heterocycles. The summed E-state index contributed by atoms with van der Waals surface area (Å²) in [6, 6.07) is 9.17. The predicted molar refractivity (Wildman–Crippen MR) is 81.1 cm³/mol. The van der Waals surface area contributed by atoms with E-state index in [1.165, 1.54) is 11.3 Å². The van der Waals surface area contributed by atoms with Gasteiger partial charge in [0.25, 0.3) is 0 Å². The van der Waals surface area contributed by atoms with Crippen LogP contribution in [0.15, 0.2) is 24.3 Å². The van der Waals surface area contributed by atoms with Gasteiger partial charge in [-0.15, -0.1) is 0 Å². The van der Waals surface area contributed by atoms with E-state index in [2.05, 4.69) is 56.9 Å². The van der Waals surface area contributed by atoms with Gasteiger partial charge in [0.05, 0.1) is 0 Å². The van der Waals surface area contributed by atoms with Crippen LogP contribution in [0.5, 0.6) is 0 Å². The fourth-order valence-corrected chi connectivity index (χ4v) is 2.15. The smallest absolute Gasteiger partial charge is 0.0366 e. The Morgan fingerprint density at radius 1 is 1.11 bits per heavy atom. The van der Waals surface area contributed by atoms with E-state index >= 15 is 0 Å². The van der Waals surface area contributed by atoms with Gasteiger partial charge in [-0.25, -0.2) is 0 Å². The second kappa shape index (κ2) is 7.42. The Morgan fingerprint density at radius 2 is 1.72 bits per heavy atom. The molecule has 1 rings (SSSR count). The predicted octanol–water partition coefficient (Wildman–Crippen LogP) is 3.45. The fraction of sp³-hybridized carbons (Fsp3) is 0.625. The van der Waals surface area contributed by atoms with Crippen LogP contribution in [0.2, 0.25) is 0 Å². The highest BCUT2D eigenvalue weighted by atomic mass is 15.1. The summed E-state index contributed by atoms with van der Waals surface area (Å²) in [5.41, 5.74) is 8.65. The van der Waals surface area contributed by atoms with Crippen molar-refractivity contribution < 1.29 is 0 Å². The maximum atomic E-state index is 5.98. The SMILES string of the molecule is CCC(N)Cc1ccc(N(CC)CC(C)C)cc1. The first-order valence-electron chi connectivity index (χ1n) is 7.16. The highest BCUT2D eigenvalue weighted by Crippen LogP contribution is 2.17. The third-order valence-corrected chi connectivity index (χ3v) is 3.29. The van der Waals surface area contributed by atoms with Crippen LogP contribution in [0.1, 0.15) is 39.7 Å². The lowest BCUT2D eigenvalue weighted by atomic mass is 10.0. The maximum absolute atomic E-state index is 5.98. The molecule has 2 heteroatoms. The molecule has 18 heavy (non-hydrogen) atoms. The monoisotopic (exact) mass is 248 g/mol. The Bertz CT molecular complexity index is 329. The maximum Gasteiger partial charge on any atom is 0.0366 e. The molecule has 0 saturated heterocycles. The lowest BCUT2D eigenvalue weighted by molar-refractivity contribution is 0.618. The first-order valence-corrected chi connectivity index (χ1v) is 7.16. The molecule has 0 aliphatic heterocycles. The van der Waals surface area contributed by atoms with Crippen molar-refractivity contribution in [3.8, 4) is 0 Å². The molecule has 0 saturated carbocycles. The second-order valence-corrected chi connectivity index (χ2v) is 5.47. The summed E-state index contributed by atoms with van der Waals surface area (Å²) in [5.74, 6) is 0.693. The Hall–Kier alpha value is -1.02. The molecule has 1 unspecified atom stereocenters. The molecule has 0 aliphatic rings. The molecule has 2 nitrogen and oxygen atoms in total. The molecule has 1 atom stereocenters. The van der Waals surface area contributed by atoms with Gasteiger partial charge in [0.2, 0.25) is 0 Å². The number of anilines is 1. The van der Waals surface area contributed by atoms with E-state index in [1.54, 1.807) is 0 Å². The first kappa shape index (κ1) is 15.0. The standard InChI is InChI=1S/C16H28N2/c1-5-15(17)11-14-7-9-16(10-8-14)18(6-2)12-13(3)4/h7-10,13,15H,5-6,11-12,17H2,1-4H3. The highest BCUT2D eigenvalue weighted by Gasteiger charge is 2.07. The van der Waals surface area contributed by atoms with Crippen molar-refractivity contribution >= 4 is 5.69 Å². The molecule has 0 bridgehead atoms. The van der Waals surface area contributed by atoms with Crippen molar-refractivity contribution in [2.24, 2.45) is 11.7 Å². The van der Waals surface area contributed by atoms with E-state index in [9.17, 15) is 0 Å². The van der Waals surface area contributed by atoms with Crippen LogP contribution >= 0.6 is 0 Å². The van der Waals surface area contributed by atoms with Crippen LogP contribution in [-0.2, 0) is 6.42 Å². The van der Waals surface area contributed by atoms with Crippen LogP contribution in [0.4, 0.5) is 5.69 Å². The van der Waals surface area contributed by atoms with E-state index < -0.39 is 0 Å². The molecule has 2 N–H and O–H groups in total. The van der Waals surface area contributed by atoms with Gasteiger partial charge in [-0.2, -0.15) is 0 Å². The van der Waals surface area contributed by atoms with Gasteiger partial charge in [-0.1, -0.05) is 32.9 Å². The van der Waals surface area contributed by atoms with Crippen molar-refractivity contribution in [2.45, 2.75) is 46.6 Å². The number of nitrogens with two attached hydrogens (primary N) is 1. The van der Waals surface area contributed by atoms with Crippen LogP contribution < -0.4 is 10.6 Å². The summed E-state index contributed by atoms with van der Waals surface area (Å²) in [7, 11) is 0. The van der Waals surface area contributed by atoms with Gasteiger partial charge < -0.3 is 10.6 Å². The van der Waals surface area contributed by atoms with Gasteiger partial charge in [-0.3, -0.25) is 0 Å². The van der Waals surface area contributed by atoms with Crippen molar-refractivity contribution in [1.29, 1.82) is 0 Å². The van der Waals surface area contributed by atoms with E-state index in [0.717, 1.165) is 25.9 Å². The third-order valence-electron chi connectivity index (χ3n) is 3.29. The molecule has 0 aliphatic carbocycles. The van der Waals surface area contributed by atoms with E-state index in [4.69, 9.17) is 5.73 Å². The van der Waals surface area contributed by atoms with Crippen LogP contribution in [0.3, 0.4) is 0 Å². The molecule has 0 aromatic heterocycles. The van der Waals surface area contributed by atoms with Crippen LogP contribution in [0.25, 0.3) is 0 Å². The zero-order valence-corrected chi connectivity index (χ0v) is 12.3. The molecular formula is C16H28N2. The normalized spacial score (nSPS) is 12.8. The summed E-state index contributed by atoms with van der Waals surface area (Å²) < 4.78 is 0. The van der Waals surface area contributed by atoms with E-state index in [-0.39, 0.29) is 6.04 Å². The minimum absolute atomic E-state index is 0.286. The van der Waals surface area contributed by atoms with Gasteiger partial charge in [-0.05, 0) is 43.4 Å². The fourth-order valence-electron chi connectivity index (χ4n) is 2.15. The number of hydrogen-bond acceptors (Lipinski definition) is 2. The second-order valence-electron chi connectivity index (χ2n) is 5.47. The summed E-state index contributed by atoms with van der Waals surface area (Å²) in [6.07, 6.45) is 2.02. The molecule has 102 valence electrons. The van der Waals surface area contributed by atoms with Crippen LogP contribution in [-0.4, -0.2) is 19.1 Å². The van der Waals surface area contributed by atoms with Gasteiger partial charge in [0, 0.05) is 24.8 Å². The molecule has 0 radical (unpaired) electrons.